The van der Waals surface area contributed by atoms with Crippen LogP contribution in [-0.2, 0) is 26.0 Å². The monoisotopic (exact) mass is 510 g/mol. The molecular formula is C25H26N4O6S. The number of nitrogens with zero attached hydrogens (tertiary/aromatic N) is 3. The molecule has 1 aromatic heterocycles. The first-order valence-electron chi connectivity index (χ1n) is 11.4. The van der Waals surface area contributed by atoms with Crippen LogP contribution in [0, 0.1) is 11.3 Å². The molecule has 0 aliphatic heterocycles. The first-order chi connectivity index (χ1) is 17.2. The van der Waals surface area contributed by atoms with E-state index in [9.17, 15) is 18.5 Å². The molecule has 0 radical (unpaired) electrons. The van der Waals surface area contributed by atoms with E-state index in [1.807, 2.05) is 32.0 Å². The Morgan fingerprint density at radius 1 is 1.31 bits per heavy atom. The predicted octanol–water partition coefficient (Wildman–Crippen LogP) is 3.53. The quantitative estimate of drug-likeness (QED) is 0.427. The zero-order valence-corrected chi connectivity index (χ0v) is 21.0. The van der Waals surface area contributed by atoms with E-state index in [0.717, 1.165) is 16.7 Å². The summed E-state index contributed by atoms with van der Waals surface area (Å²) in [4.78, 5) is 15.9. The van der Waals surface area contributed by atoms with Crippen molar-refractivity contribution in [1.82, 2.24) is 14.9 Å². The minimum atomic E-state index is -3.68. The number of esters is 1. The van der Waals surface area contributed by atoms with Crippen LogP contribution in [0.4, 0.5) is 0 Å². The molecule has 0 spiro atoms. The Bertz CT molecular complexity index is 1420. The van der Waals surface area contributed by atoms with E-state index < -0.39 is 22.0 Å². The normalized spacial score (nSPS) is 14.9. The summed E-state index contributed by atoms with van der Waals surface area (Å²) in [5, 5.41) is 13.6. The van der Waals surface area contributed by atoms with E-state index in [-0.39, 0.29) is 24.2 Å². The Kier molecular flexibility index (Phi) is 7.37. The molecule has 0 fully saturated rings. The second-order valence-electron chi connectivity index (χ2n) is 8.64. The highest BCUT2D eigenvalue weighted by molar-refractivity contribution is 7.89. The third-order valence-electron chi connectivity index (χ3n) is 5.77. The van der Waals surface area contributed by atoms with Crippen LogP contribution in [0.2, 0.25) is 0 Å². The standard InChI is InChI=1S/C25H26N4O6S/c1-15(2)34-22-10-7-16(13-17(22)14-26)25-27-24(28-35-25)20-6-4-5-19-18(20)8-9-21(19)29-36(31,32)12-11-23(30)33-3/h4-7,10,13,15,21,29H,8-9,11-12H2,1-3H3/t21-/m1/s1. The van der Waals surface area contributed by atoms with Crippen molar-refractivity contribution in [2.75, 3.05) is 12.9 Å². The zero-order valence-electron chi connectivity index (χ0n) is 20.1. The number of fused-ring (bicyclic) bond motifs is 1. The van der Waals surface area contributed by atoms with Crippen LogP contribution >= 0.6 is 0 Å². The smallest absolute Gasteiger partial charge is 0.306 e. The Hall–Kier alpha value is -3.75. The molecule has 36 heavy (non-hydrogen) atoms. The molecule has 2 aromatic carbocycles. The molecule has 1 N–H and O–H groups in total. The van der Waals surface area contributed by atoms with Crippen LogP contribution in [0.5, 0.6) is 5.75 Å². The molecule has 0 saturated heterocycles. The lowest BCUT2D eigenvalue weighted by atomic mass is 10.0. The average molecular weight is 511 g/mol. The number of hydrogen-bond acceptors (Lipinski definition) is 9. The van der Waals surface area contributed by atoms with Crippen molar-refractivity contribution in [1.29, 1.82) is 5.26 Å². The van der Waals surface area contributed by atoms with Gasteiger partial charge in [-0.1, -0.05) is 23.4 Å². The Morgan fingerprint density at radius 2 is 2.11 bits per heavy atom. The second kappa shape index (κ2) is 10.5. The Labute approximate surface area is 209 Å². The van der Waals surface area contributed by atoms with Gasteiger partial charge in [0.1, 0.15) is 11.8 Å². The lowest BCUT2D eigenvalue weighted by Crippen LogP contribution is -2.30. The van der Waals surface area contributed by atoms with Crippen molar-refractivity contribution in [3.05, 3.63) is 53.1 Å². The van der Waals surface area contributed by atoms with E-state index in [4.69, 9.17) is 9.26 Å². The highest BCUT2D eigenvalue weighted by atomic mass is 32.2. The van der Waals surface area contributed by atoms with Crippen LogP contribution in [0.1, 0.15) is 49.4 Å². The molecule has 1 heterocycles. The van der Waals surface area contributed by atoms with Gasteiger partial charge in [0.2, 0.25) is 15.8 Å². The fourth-order valence-electron chi connectivity index (χ4n) is 4.14. The van der Waals surface area contributed by atoms with Gasteiger partial charge in [-0.05, 0) is 56.0 Å². The topological polar surface area (TPSA) is 144 Å². The molecule has 0 amide bonds. The number of rotatable bonds is 9. The van der Waals surface area contributed by atoms with Crippen LogP contribution < -0.4 is 9.46 Å². The number of nitriles is 1. The molecule has 0 unspecified atom stereocenters. The number of carbonyl (C=O) groups excluding carboxylic acids is 1. The molecule has 10 nitrogen and oxygen atoms in total. The van der Waals surface area contributed by atoms with E-state index in [0.29, 0.717) is 35.5 Å². The maximum absolute atomic E-state index is 12.5. The molecule has 1 aliphatic rings. The molecular weight excluding hydrogens is 484 g/mol. The summed E-state index contributed by atoms with van der Waals surface area (Å²) in [6.07, 6.45) is 0.908. The summed E-state index contributed by atoms with van der Waals surface area (Å²) < 4.78 is 43.3. The number of hydrogen-bond donors (Lipinski definition) is 1. The molecule has 11 heteroatoms. The van der Waals surface area contributed by atoms with Crippen LogP contribution in [-0.4, -0.2) is 43.5 Å². The van der Waals surface area contributed by atoms with Crippen LogP contribution in [0.3, 0.4) is 0 Å². The van der Waals surface area contributed by atoms with E-state index >= 15 is 0 Å². The van der Waals surface area contributed by atoms with Crippen molar-refractivity contribution >= 4 is 16.0 Å². The number of carbonyl (C=O) groups is 1. The minimum absolute atomic E-state index is 0.0701. The van der Waals surface area contributed by atoms with Crippen LogP contribution in [0.25, 0.3) is 22.8 Å². The van der Waals surface area contributed by atoms with Gasteiger partial charge in [-0.2, -0.15) is 10.2 Å². The maximum atomic E-state index is 12.5. The minimum Gasteiger partial charge on any atom is -0.490 e. The van der Waals surface area contributed by atoms with E-state index in [2.05, 4.69) is 25.7 Å². The average Bonchev–Trinajstić information content (AvgIpc) is 3.50. The summed E-state index contributed by atoms with van der Waals surface area (Å²) in [6.45, 7) is 3.77. The van der Waals surface area contributed by atoms with Crippen molar-refractivity contribution in [2.24, 2.45) is 0 Å². The number of ether oxygens (including phenoxy) is 2. The van der Waals surface area contributed by atoms with Crippen molar-refractivity contribution in [3.8, 4) is 34.7 Å². The largest absolute Gasteiger partial charge is 0.490 e. The number of methoxy groups -OCH3 is 1. The lowest BCUT2D eigenvalue weighted by molar-refractivity contribution is -0.140. The number of sulfonamides is 1. The molecule has 188 valence electrons. The van der Waals surface area contributed by atoms with Gasteiger partial charge in [0.25, 0.3) is 5.89 Å². The molecule has 3 aromatic rings. The summed E-state index contributed by atoms with van der Waals surface area (Å²) in [5.41, 5.74) is 3.47. The predicted molar refractivity (Wildman–Crippen MR) is 130 cm³/mol. The van der Waals surface area contributed by atoms with Gasteiger partial charge in [0, 0.05) is 17.2 Å². The molecule has 1 aliphatic carbocycles. The van der Waals surface area contributed by atoms with Crippen molar-refractivity contribution < 1.29 is 27.2 Å². The lowest BCUT2D eigenvalue weighted by Gasteiger charge is -2.14. The van der Waals surface area contributed by atoms with E-state index in [1.165, 1.54) is 7.11 Å². The van der Waals surface area contributed by atoms with Crippen LogP contribution in [0.15, 0.2) is 40.9 Å². The van der Waals surface area contributed by atoms with Gasteiger partial charge in [-0.3, -0.25) is 4.79 Å². The summed E-state index contributed by atoms with van der Waals surface area (Å²) in [5.74, 6) is 0.194. The third kappa shape index (κ3) is 5.56. The fourth-order valence-corrected chi connectivity index (χ4v) is 5.37. The van der Waals surface area contributed by atoms with Gasteiger partial charge in [-0.25, -0.2) is 13.1 Å². The number of benzene rings is 2. The van der Waals surface area contributed by atoms with Gasteiger partial charge in [0.05, 0.1) is 31.0 Å². The van der Waals surface area contributed by atoms with Crippen molar-refractivity contribution in [3.63, 3.8) is 0 Å². The van der Waals surface area contributed by atoms with Gasteiger partial charge in [0.15, 0.2) is 0 Å². The maximum Gasteiger partial charge on any atom is 0.306 e. The fraction of sp³-hybridized carbons (Fsp3) is 0.360. The summed E-state index contributed by atoms with van der Waals surface area (Å²) in [6, 6.07) is 12.4. The first-order valence-corrected chi connectivity index (χ1v) is 13.1. The van der Waals surface area contributed by atoms with Gasteiger partial charge >= 0.3 is 5.97 Å². The SMILES string of the molecule is COC(=O)CCS(=O)(=O)N[C@@H]1CCc2c(-c3noc(-c4ccc(OC(C)C)c(C#N)c4)n3)cccc21. The highest BCUT2D eigenvalue weighted by Crippen LogP contribution is 2.38. The Balaban J connectivity index is 1.56. The molecule has 0 bridgehead atoms. The summed E-state index contributed by atoms with van der Waals surface area (Å²) >= 11 is 0. The van der Waals surface area contributed by atoms with Gasteiger partial charge < -0.3 is 14.0 Å². The second-order valence-corrected chi connectivity index (χ2v) is 10.5. The number of aromatic nitrogens is 2. The Morgan fingerprint density at radius 3 is 2.83 bits per heavy atom. The molecule has 4 rings (SSSR count). The molecule has 0 saturated carbocycles. The molecule has 1 atom stereocenters. The zero-order chi connectivity index (χ0) is 25.9. The van der Waals surface area contributed by atoms with E-state index in [1.54, 1.807) is 18.2 Å². The van der Waals surface area contributed by atoms with Crippen molar-refractivity contribution in [2.45, 2.75) is 45.3 Å². The highest BCUT2D eigenvalue weighted by Gasteiger charge is 2.30. The van der Waals surface area contributed by atoms with Gasteiger partial charge in [-0.15, -0.1) is 0 Å². The number of nitrogens with one attached hydrogen (secondary N) is 1. The summed E-state index contributed by atoms with van der Waals surface area (Å²) in [7, 11) is -2.46. The third-order valence-corrected chi connectivity index (χ3v) is 7.16. The first kappa shape index (κ1) is 25.3.